The number of carbonyl (C=O) groups excluding carboxylic acids is 1. The second-order valence-electron chi connectivity index (χ2n) is 10.8. The number of anilines is 2. The summed E-state index contributed by atoms with van der Waals surface area (Å²) in [7, 11) is -4.61. The summed E-state index contributed by atoms with van der Waals surface area (Å²) >= 11 is 0. The van der Waals surface area contributed by atoms with Gasteiger partial charge in [-0.25, -0.2) is 23.4 Å². The van der Waals surface area contributed by atoms with Crippen LogP contribution in [0.2, 0.25) is 25.7 Å². The fourth-order valence-corrected chi connectivity index (χ4v) is 4.46. The molecule has 0 spiro atoms. The molecule has 3 aromatic rings. The van der Waals surface area contributed by atoms with Gasteiger partial charge in [-0.1, -0.05) is 19.6 Å². The quantitative estimate of drug-likeness (QED) is 0.323. The number of nitrogens with one attached hydrogen (secondary N) is 2. The summed E-state index contributed by atoms with van der Waals surface area (Å²) < 4.78 is 31.0. The maximum Gasteiger partial charge on any atom is 0.255 e. The van der Waals surface area contributed by atoms with Crippen molar-refractivity contribution in [3.8, 4) is 0 Å². The van der Waals surface area contributed by atoms with Gasteiger partial charge in [-0.05, 0) is 38.9 Å². The smallest absolute Gasteiger partial charge is 0.255 e. The van der Waals surface area contributed by atoms with Crippen LogP contribution in [0, 0.1) is 0 Å². The molecule has 0 atom stereocenters. The third kappa shape index (κ3) is 7.57. The van der Waals surface area contributed by atoms with E-state index in [1.807, 2.05) is 20.8 Å². The van der Waals surface area contributed by atoms with Crippen LogP contribution < -0.4 is 10.6 Å². The highest BCUT2D eigenvalue weighted by atomic mass is 32.2. The lowest BCUT2D eigenvalue weighted by atomic mass is 10.1. The Kier molecular flexibility index (Phi) is 7.67. The van der Waals surface area contributed by atoms with Gasteiger partial charge in [0.05, 0.1) is 23.6 Å². The second-order valence-corrected chi connectivity index (χ2v) is 18.4. The maximum absolute atomic E-state index is 13.0. The SMILES string of the molecule is CC(C)(C)NC(=O)c1cn(COCC[Si](C)(C)C)c2ncc(Nc3ccc(S(C)(=O)=O)nc3)nc12. The zero-order chi connectivity index (χ0) is 26.0. The number of hydrogen-bond donors (Lipinski definition) is 2. The van der Waals surface area contributed by atoms with Crippen molar-refractivity contribution in [2.75, 3.05) is 18.2 Å². The number of sulfone groups is 1. The molecule has 0 fully saturated rings. The van der Waals surface area contributed by atoms with Crippen molar-refractivity contribution in [2.45, 2.75) is 63.8 Å². The van der Waals surface area contributed by atoms with Gasteiger partial charge >= 0.3 is 0 Å². The van der Waals surface area contributed by atoms with Gasteiger partial charge < -0.3 is 19.9 Å². The Morgan fingerprint density at radius 1 is 1.14 bits per heavy atom. The Bertz CT molecular complexity index is 1310. The number of ether oxygens (including phenoxy) is 1. The molecular formula is C23H34N6O4SSi. The summed E-state index contributed by atoms with van der Waals surface area (Å²) in [6.45, 7) is 13.5. The van der Waals surface area contributed by atoms with Crippen molar-refractivity contribution in [1.82, 2.24) is 24.8 Å². The van der Waals surface area contributed by atoms with Crippen molar-refractivity contribution in [2.24, 2.45) is 0 Å². The standard InChI is InChI=1S/C23H34N6O4SSi/c1-23(2,3)28-22(30)17-14-29(15-33-10-11-35(5,6)7)21-20(17)27-18(13-25-21)26-16-8-9-19(24-12-16)34(4,31)32/h8-9,12-14H,10-11,15H2,1-7H3,(H,26,27)(H,28,30). The summed E-state index contributed by atoms with van der Waals surface area (Å²) in [5, 5.41) is 6.03. The zero-order valence-electron chi connectivity index (χ0n) is 21.3. The van der Waals surface area contributed by atoms with E-state index in [9.17, 15) is 13.2 Å². The molecule has 1 amide bonds. The number of aromatic nitrogens is 4. The molecule has 190 valence electrons. The van der Waals surface area contributed by atoms with Gasteiger partial charge in [0.15, 0.2) is 20.5 Å². The van der Waals surface area contributed by atoms with E-state index in [-0.39, 0.29) is 17.7 Å². The normalized spacial score (nSPS) is 12.7. The minimum atomic E-state index is -3.39. The predicted octanol–water partition coefficient (Wildman–Crippen LogP) is 3.81. The first kappa shape index (κ1) is 26.8. The third-order valence-electron chi connectivity index (χ3n) is 4.91. The lowest BCUT2D eigenvalue weighted by Crippen LogP contribution is -2.40. The van der Waals surface area contributed by atoms with Crippen molar-refractivity contribution in [3.05, 3.63) is 36.3 Å². The highest BCUT2D eigenvalue weighted by Crippen LogP contribution is 2.23. The van der Waals surface area contributed by atoms with Crippen LogP contribution >= 0.6 is 0 Å². The molecule has 10 nitrogen and oxygen atoms in total. The number of fused-ring (bicyclic) bond motifs is 1. The second kappa shape index (κ2) is 10.0. The monoisotopic (exact) mass is 518 g/mol. The minimum Gasteiger partial charge on any atom is -0.361 e. The highest BCUT2D eigenvalue weighted by molar-refractivity contribution is 7.90. The van der Waals surface area contributed by atoms with Crippen LogP contribution in [0.5, 0.6) is 0 Å². The van der Waals surface area contributed by atoms with E-state index < -0.39 is 23.5 Å². The van der Waals surface area contributed by atoms with Crippen molar-refractivity contribution < 1.29 is 17.9 Å². The lowest BCUT2D eigenvalue weighted by Gasteiger charge is -2.20. The molecule has 0 bridgehead atoms. The highest BCUT2D eigenvalue weighted by Gasteiger charge is 2.22. The number of hydrogen-bond acceptors (Lipinski definition) is 8. The average molecular weight is 519 g/mol. The van der Waals surface area contributed by atoms with Crippen LogP contribution in [0.4, 0.5) is 11.5 Å². The molecule has 0 unspecified atom stereocenters. The van der Waals surface area contributed by atoms with E-state index in [1.54, 1.807) is 23.0 Å². The van der Waals surface area contributed by atoms with E-state index in [1.165, 1.54) is 12.3 Å². The van der Waals surface area contributed by atoms with Gasteiger partial charge in [-0.3, -0.25) is 4.79 Å². The molecule has 0 aromatic carbocycles. The number of nitrogens with zero attached hydrogens (tertiary/aromatic N) is 4. The molecule has 3 aromatic heterocycles. The lowest BCUT2D eigenvalue weighted by molar-refractivity contribution is 0.0886. The summed E-state index contributed by atoms with van der Waals surface area (Å²) in [4.78, 5) is 26.2. The van der Waals surface area contributed by atoms with Gasteiger partial charge in [0, 0.05) is 32.7 Å². The van der Waals surface area contributed by atoms with Crippen molar-refractivity contribution >= 4 is 46.5 Å². The van der Waals surface area contributed by atoms with Crippen LogP contribution in [-0.4, -0.2) is 60.3 Å². The first-order chi connectivity index (χ1) is 16.1. The minimum absolute atomic E-state index is 0.0167. The molecular weight excluding hydrogens is 484 g/mol. The molecule has 0 aliphatic heterocycles. The van der Waals surface area contributed by atoms with E-state index in [0.717, 1.165) is 12.3 Å². The number of carbonyl (C=O) groups is 1. The molecule has 0 saturated heterocycles. The Labute approximate surface area is 207 Å². The van der Waals surface area contributed by atoms with Gasteiger partial charge in [-0.2, -0.15) is 0 Å². The molecule has 0 aliphatic rings. The summed E-state index contributed by atoms with van der Waals surface area (Å²) in [6, 6.07) is 4.05. The first-order valence-electron chi connectivity index (χ1n) is 11.3. The predicted molar refractivity (Wildman–Crippen MR) is 139 cm³/mol. The van der Waals surface area contributed by atoms with Crippen LogP contribution in [0.1, 0.15) is 31.1 Å². The largest absolute Gasteiger partial charge is 0.361 e. The van der Waals surface area contributed by atoms with Gasteiger partial charge in [0.1, 0.15) is 18.1 Å². The van der Waals surface area contributed by atoms with Crippen LogP contribution in [0.15, 0.2) is 35.7 Å². The Morgan fingerprint density at radius 3 is 2.43 bits per heavy atom. The summed E-state index contributed by atoms with van der Waals surface area (Å²) in [5.41, 5.74) is 1.49. The Balaban J connectivity index is 1.90. The molecule has 0 saturated carbocycles. The van der Waals surface area contributed by atoms with Crippen LogP contribution in [0.25, 0.3) is 11.2 Å². The summed E-state index contributed by atoms with van der Waals surface area (Å²) in [5.74, 6) is 0.141. The van der Waals surface area contributed by atoms with E-state index in [0.29, 0.717) is 34.8 Å². The maximum atomic E-state index is 13.0. The van der Waals surface area contributed by atoms with Crippen LogP contribution in [0.3, 0.4) is 0 Å². The fraction of sp³-hybridized carbons (Fsp3) is 0.478. The molecule has 35 heavy (non-hydrogen) atoms. The van der Waals surface area contributed by atoms with Gasteiger partial charge in [0.25, 0.3) is 5.91 Å². The molecule has 12 heteroatoms. The zero-order valence-corrected chi connectivity index (χ0v) is 23.2. The van der Waals surface area contributed by atoms with Gasteiger partial charge in [0.2, 0.25) is 0 Å². The van der Waals surface area contributed by atoms with E-state index in [4.69, 9.17) is 4.74 Å². The Morgan fingerprint density at radius 2 is 1.86 bits per heavy atom. The van der Waals surface area contributed by atoms with Crippen LogP contribution in [-0.2, 0) is 21.3 Å². The molecule has 2 N–H and O–H groups in total. The number of amides is 1. The average Bonchev–Trinajstić information content (AvgIpc) is 3.07. The number of rotatable bonds is 9. The fourth-order valence-electron chi connectivity index (χ4n) is 3.15. The third-order valence-corrected chi connectivity index (χ3v) is 7.62. The topological polar surface area (TPSA) is 128 Å². The van der Waals surface area contributed by atoms with Gasteiger partial charge in [-0.15, -0.1) is 0 Å². The van der Waals surface area contributed by atoms with E-state index in [2.05, 4.69) is 45.2 Å². The Hall–Kier alpha value is -2.83. The molecule has 3 rings (SSSR count). The molecule has 3 heterocycles. The van der Waals surface area contributed by atoms with Crippen molar-refractivity contribution in [3.63, 3.8) is 0 Å². The summed E-state index contributed by atoms with van der Waals surface area (Å²) in [6.07, 6.45) is 5.78. The van der Waals surface area contributed by atoms with Crippen molar-refractivity contribution in [1.29, 1.82) is 0 Å². The first-order valence-corrected chi connectivity index (χ1v) is 16.9. The molecule has 0 radical (unpaired) electrons. The molecule has 0 aliphatic carbocycles. The number of pyridine rings is 1. The van der Waals surface area contributed by atoms with E-state index >= 15 is 0 Å².